The van der Waals surface area contributed by atoms with Gasteiger partial charge in [0, 0.05) is 11.4 Å². The fourth-order valence-corrected chi connectivity index (χ4v) is 3.99. The number of hydrogen-bond donors (Lipinski definition) is 2. The van der Waals surface area contributed by atoms with Crippen molar-refractivity contribution in [2.45, 2.75) is 46.6 Å². The molecule has 0 spiro atoms. The second-order valence-corrected chi connectivity index (χ2v) is 8.06. The van der Waals surface area contributed by atoms with E-state index in [4.69, 9.17) is 0 Å². The topological polar surface area (TPSA) is 71.1 Å². The van der Waals surface area contributed by atoms with Gasteiger partial charge in [0.2, 0.25) is 10.0 Å². The number of hydrogen-bond acceptors (Lipinski definition) is 5. The monoisotopic (exact) mass is 319 g/mol. The van der Waals surface area contributed by atoms with Crippen molar-refractivity contribution in [3.8, 4) is 0 Å². The lowest BCUT2D eigenvalue weighted by Gasteiger charge is -2.10. The first kappa shape index (κ1) is 17.4. The van der Waals surface area contributed by atoms with Gasteiger partial charge in [-0.25, -0.2) is 13.4 Å². The zero-order chi connectivity index (χ0) is 15.2. The Balaban J connectivity index is 2.59. The van der Waals surface area contributed by atoms with Crippen LogP contribution in [0.15, 0.2) is 5.38 Å². The predicted molar refractivity (Wildman–Crippen MR) is 85.7 cm³/mol. The Morgan fingerprint density at radius 3 is 2.65 bits per heavy atom. The summed E-state index contributed by atoms with van der Waals surface area (Å²) in [6, 6.07) is 0.139. The highest BCUT2D eigenvalue weighted by Crippen LogP contribution is 2.21. The fourth-order valence-electron chi connectivity index (χ4n) is 1.57. The molecule has 0 fully saturated rings. The minimum absolute atomic E-state index is 0.139. The summed E-state index contributed by atoms with van der Waals surface area (Å²) in [5.74, 6) is 0.514. The van der Waals surface area contributed by atoms with Crippen LogP contribution >= 0.6 is 11.3 Å². The first-order chi connectivity index (χ1) is 9.34. The lowest BCUT2D eigenvalue weighted by atomic mass is 10.2. The van der Waals surface area contributed by atoms with Gasteiger partial charge < -0.3 is 5.32 Å². The molecule has 5 nitrogen and oxygen atoms in total. The molecule has 1 aromatic heterocycles. The maximum Gasteiger partial charge on any atom is 0.234 e. The Bertz CT molecular complexity index is 497. The second-order valence-electron chi connectivity index (χ2n) is 5.36. The van der Waals surface area contributed by atoms with Gasteiger partial charge in [0.1, 0.15) is 0 Å². The lowest BCUT2D eigenvalue weighted by molar-refractivity contribution is 0.561. The molecular formula is C13H25N3O2S2. The van der Waals surface area contributed by atoms with Gasteiger partial charge >= 0.3 is 0 Å². The van der Waals surface area contributed by atoms with Gasteiger partial charge in [-0.1, -0.05) is 20.8 Å². The third-order valence-corrected chi connectivity index (χ3v) is 5.06. The molecule has 7 heteroatoms. The van der Waals surface area contributed by atoms with Crippen LogP contribution < -0.4 is 10.0 Å². The molecule has 0 aliphatic carbocycles. The zero-order valence-electron chi connectivity index (χ0n) is 12.6. The normalized spacial score (nSPS) is 13.7. The lowest BCUT2D eigenvalue weighted by Crippen LogP contribution is -2.20. The summed E-state index contributed by atoms with van der Waals surface area (Å²) in [4.78, 5) is 4.34. The fraction of sp³-hybridized carbons (Fsp3) is 0.769. The predicted octanol–water partition coefficient (Wildman–Crippen LogP) is 2.99. The molecule has 1 unspecified atom stereocenters. The molecule has 0 aromatic carbocycles. The van der Waals surface area contributed by atoms with E-state index in [2.05, 4.69) is 21.9 Å². The van der Waals surface area contributed by atoms with Gasteiger partial charge in [-0.15, -0.1) is 11.3 Å². The molecule has 1 rings (SSSR count). The number of thiazole rings is 1. The van der Waals surface area contributed by atoms with E-state index in [0.29, 0.717) is 17.5 Å². The van der Waals surface area contributed by atoms with Gasteiger partial charge in [0.05, 0.1) is 11.4 Å². The molecule has 0 aliphatic rings. The molecule has 0 aliphatic heterocycles. The van der Waals surface area contributed by atoms with Crippen LogP contribution in [0.3, 0.4) is 0 Å². The van der Waals surface area contributed by atoms with Gasteiger partial charge in [0.25, 0.3) is 0 Å². The van der Waals surface area contributed by atoms with E-state index in [-0.39, 0.29) is 11.8 Å². The van der Waals surface area contributed by atoms with E-state index in [1.807, 2.05) is 26.2 Å². The van der Waals surface area contributed by atoms with Crippen LogP contribution in [0.5, 0.6) is 0 Å². The van der Waals surface area contributed by atoms with E-state index in [1.54, 1.807) is 0 Å². The van der Waals surface area contributed by atoms with E-state index in [1.165, 1.54) is 11.3 Å². The summed E-state index contributed by atoms with van der Waals surface area (Å²) >= 11 is 1.33. The van der Waals surface area contributed by atoms with Gasteiger partial charge in [-0.2, -0.15) is 0 Å². The molecule has 0 amide bonds. The van der Waals surface area contributed by atoms with E-state index < -0.39 is 10.0 Å². The number of anilines is 1. The summed E-state index contributed by atoms with van der Waals surface area (Å²) < 4.78 is 26.3. The smallest absolute Gasteiger partial charge is 0.234 e. The van der Waals surface area contributed by atoms with Crippen LogP contribution in [0.2, 0.25) is 0 Å². The average Bonchev–Trinajstić information content (AvgIpc) is 2.81. The summed E-state index contributed by atoms with van der Waals surface area (Å²) in [7, 11) is -3.28. The van der Waals surface area contributed by atoms with Crippen molar-refractivity contribution in [1.29, 1.82) is 0 Å². The highest BCUT2D eigenvalue weighted by Gasteiger charge is 2.15. The SMILES string of the molecule is CCCNC(C)c1csc(NS(=O)(=O)CCC(C)C)n1. The van der Waals surface area contributed by atoms with Crippen molar-refractivity contribution in [3.63, 3.8) is 0 Å². The molecule has 1 heterocycles. The van der Waals surface area contributed by atoms with Crippen LogP contribution in [0.4, 0.5) is 5.13 Å². The van der Waals surface area contributed by atoms with Gasteiger partial charge in [-0.05, 0) is 32.2 Å². The number of sulfonamides is 1. The van der Waals surface area contributed by atoms with Crippen molar-refractivity contribution >= 4 is 26.5 Å². The molecule has 0 radical (unpaired) electrons. The summed E-state index contributed by atoms with van der Waals surface area (Å²) in [5, 5.41) is 5.68. The molecule has 2 N–H and O–H groups in total. The van der Waals surface area contributed by atoms with Crippen molar-refractivity contribution in [3.05, 3.63) is 11.1 Å². The second kappa shape index (κ2) is 7.95. The third-order valence-electron chi connectivity index (χ3n) is 2.87. The Labute approximate surface area is 126 Å². The van der Waals surface area contributed by atoms with E-state index in [0.717, 1.165) is 18.7 Å². The Morgan fingerprint density at radius 1 is 1.35 bits per heavy atom. The van der Waals surface area contributed by atoms with Crippen LogP contribution in [0, 0.1) is 5.92 Å². The van der Waals surface area contributed by atoms with Crippen LogP contribution in [0.1, 0.15) is 52.3 Å². The molecule has 0 saturated carbocycles. The average molecular weight is 319 g/mol. The molecule has 20 heavy (non-hydrogen) atoms. The molecule has 1 atom stereocenters. The number of aromatic nitrogens is 1. The molecule has 0 bridgehead atoms. The van der Waals surface area contributed by atoms with Crippen LogP contribution in [-0.2, 0) is 10.0 Å². The van der Waals surface area contributed by atoms with Crippen LogP contribution in [0.25, 0.3) is 0 Å². The summed E-state index contributed by atoms with van der Waals surface area (Å²) in [5.41, 5.74) is 0.880. The van der Waals surface area contributed by atoms with Crippen LogP contribution in [-0.4, -0.2) is 25.7 Å². The minimum Gasteiger partial charge on any atom is -0.309 e. The van der Waals surface area contributed by atoms with Crippen molar-refractivity contribution in [1.82, 2.24) is 10.3 Å². The molecule has 0 saturated heterocycles. The third kappa shape index (κ3) is 6.19. The maximum absolute atomic E-state index is 11.9. The quantitative estimate of drug-likeness (QED) is 0.734. The maximum atomic E-state index is 11.9. The molecule has 116 valence electrons. The number of nitrogens with zero attached hydrogens (tertiary/aromatic N) is 1. The van der Waals surface area contributed by atoms with E-state index in [9.17, 15) is 8.42 Å². The highest BCUT2D eigenvalue weighted by atomic mass is 32.2. The Hall–Kier alpha value is -0.660. The van der Waals surface area contributed by atoms with Crippen molar-refractivity contribution < 1.29 is 8.42 Å². The van der Waals surface area contributed by atoms with Crippen molar-refractivity contribution in [2.24, 2.45) is 5.92 Å². The first-order valence-electron chi connectivity index (χ1n) is 7.03. The largest absolute Gasteiger partial charge is 0.309 e. The summed E-state index contributed by atoms with van der Waals surface area (Å²) in [6.07, 6.45) is 1.71. The number of nitrogens with one attached hydrogen (secondary N) is 2. The Kier molecular flexibility index (Phi) is 6.91. The van der Waals surface area contributed by atoms with E-state index >= 15 is 0 Å². The molecular weight excluding hydrogens is 294 g/mol. The number of rotatable bonds is 9. The van der Waals surface area contributed by atoms with Gasteiger partial charge in [-0.3, -0.25) is 4.72 Å². The van der Waals surface area contributed by atoms with Gasteiger partial charge in [0.15, 0.2) is 5.13 Å². The van der Waals surface area contributed by atoms with Crippen molar-refractivity contribution in [2.75, 3.05) is 17.0 Å². The highest BCUT2D eigenvalue weighted by molar-refractivity contribution is 7.92. The standard InChI is InChI=1S/C13H25N3O2S2/c1-5-7-14-11(4)12-9-19-13(15-12)16-20(17,18)8-6-10(2)3/h9-11,14H,5-8H2,1-4H3,(H,15,16). The zero-order valence-corrected chi connectivity index (χ0v) is 14.3. The summed E-state index contributed by atoms with van der Waals surface area (Å²) in [6.45, 7) is 9.08. The minimum atomic E-state index is -3.28. The molecule has 1 aromatic rings. The first-order valence-corrected chi connectivity index (χ1v) is 9.56. The Morgan fingerprint density at radius 2 is 2.05 bits per heavy atom.